The molecule has 0 fully saturated rings. The second kappa shape index (κ2) is 5.48. The lowest BCUT2D eigenvalue weighted by atomic mass is 10.1. The van der Waals surface area contributed by atoms with Crippen molar-refractivity contribution in [1.82, 2.24) is 0 Å². The van der Waals surface area contributed by atoms with E-state index in [1.165, 1.54) is 5.56 Å². The third-order valence-electron chi connectivity index (χ3n) is 3.17. The number of rotatable bonds is 4. The Labute approximate surface area is 112 Å². The van der Waals surface area contributed by atoms with Crippen molar-refractivity contribution in [2.24, 2.45) is 0 Å². The number of anilines is 2. The summed E-state index contributed by atoms with van der Waals surface area (Å²) in [6, 6.07) is 12.9. The van der Waals surface area contributed by atoms with Gasteiger partial charge in [0.25, 0.3) is 0 Å². The van der Waals surface area contributed by atoms with Gasteiger partial charge in [-0.05, 0) is 43.2 Å². The Morgan fingerprint density at radius 3 is 2.42 bits per heavy atom. The highest BCUT2D eigenvalue weighted by atomic mass is 16.2. The maximum Gasteiger partial charge on any atom is 0.227 e. The van der Waals surface area contributed by atoms with Gasteiger partial charge in [-0.25, -0.2) is 0 Å². The molecule has 2 aromatic carbocycles. The van der Waals surface area contributed by atoms with Gasteiger partial charge in [-0.2, -0.15) is 0 Å². The number of benzene rings is 2. The van der Waals surface area contributed by atoms with Gasteiger partial charge in [-0.1, -0.05) is 24.3 Å². The largest absolute Gasteiger partial charge is 0.355 e. The van der Waals surface area contributed by atoms with Crippen LogP contribution in [0.1, 0.15) is 21.5 Å². The van der Waals surface area contributed by atoms with Crippen LogP contribution in [0.4, 0.5) is 11.4 Å². The molecule has 0 amide bonds. The fourth-order valence-electron chi connectivity index (χ4n) is 1.90. The van der Waals surface area contributed by atoms with Crippen molar-refractivity contribution in [3.8, 4) is 0 Å². The molecule has 0 heterocycles. The van der Waals surface area contributed by atoms with Crippen LogP contribution in [-0.4, -0.2) is 12.1 Å². The van der Waals surface area contributed by atoms with E-state index in [2.05, 4.69) is 5.32 Å². The lowest BCUT2D eigenvalue weighted by Gasteiger charge is -2.13. The minimum atomic E-state index is -0.520. The number of carbonyl (C=O) groups is 2. The zero-order valence-electron chi connectivity index (χ0n) is 10.9. The zero-order chi connectivity index (χ0) is 13.8. The predicted molar refractivity (Wildman–Crippen MR) is 76.0 cm³/mol. The zero-order valence-corrected chi connectivity index (χ0v) is 10.9. The number of Topliss-reactive ketones (excluding diaryl/α,β-unsaturated/α-hetero) is 1. The molecule has 1 N–H and O–H groups in total. The van der Waals surface area contributed by atoms with E-state index in [1.807, 2.05) is 38.1 Å². The second-order valence-corrected chi connectivity index (χ2v) is 4.40. The van der Waals surface area contributed by atoms with E-state index < -0.39 is 5.78 Å². The quantitative estimate of drug-likeness (QED) is 0.516. The van der Waals surface area contributed by atoms with Gasteiger partial charge in [0.15, 0.2) is 6.29 Å². The molecule has 0 saturated heterocycles. The molecule has 0 aliphatic carbocycles. The van der Waals surface area contributed by atoms with Crippen molar-refractivity contribution in [3.63, 3.8) is 0 Å². The number of hydrogen-bond acceptors (Lipinski definition) is 3. The third kappa shape index (κ3) is 2.71. The van der Waals surface area contributed by atoms with E-state index in [1.54, 1.807) is 18.2 Å². The molecule has 0 atom stereocenters. The van der Waals surface area contributed by atoms with Crippen molar-refractivity contribution in [3.05, 3.63) is 59.2 Å². The monoisotopic (exact) mass is 253 g/mol. The third-order valence-corrected chi connectivity index (χ3v) is 3.17. The van der Waals surface area contributed by atoms with Crippen molar-refractivity contribution in [2.75, 3.05) is 5.32 Å². The van der Waals surface area contributed by atoms with E-state index in [4.69, 9.17) is 0 Å². The van der Waals surface area contributed by atoms with Crippen LogP contribution in [0.25, 0.3) is 0 Å². The van der Waals surface area contributed by atoms with Gasteiger partial charge in [0.2, 0.25) is 5.78 Å². The van der Waals surface area contributed by atoms with Gasteiger partial charge < -0.3 is 5.32 Å². The predicted octanol–water partition coefficient (Wildman–Crippen LogP) is 3.43. The highest BCUT2D eigenvalue weighted by molar-refractivity contribution is 6.34. The van der Waals surface area contributed by atoms with E-state index in [9.17, 15) is 9.59 Å². The van der Waals surface area contributed by atoms with Crippen LogP contribution < -0.4 is 5.32 Å². The summed E-state index contributed by atoms with van der Waals surface area (Å²) in [4.78, 5) is 22.2. The maximum absolute atomic E-state index is 11.6. The van der Waals surface area contributed by atoms with Crippen molar-refractivity contribution >= 4 is 23.4 Å². The van der Waals surface area contributed by atoms with Crippen LogP contribution in [0.2, 0.25) is 0 Å². The molecule has 19 heavy (non-hydrogen) atoms. The number of aryl methyl sites for hydroxylation is 1. The first-order valence-electron chi connectivity index (χ1n) is 6.05. The summed E-state index contributed by atoms with van der Waals surface area (Å²) in [5.74, 6) is -0.520. The van der Waals surface area contributed by atoms with Gasteiger partial charge in [0.05, 0.1) is 0 Å². The Hall–Kier alpha value is -2.42. The van der Waals surface area contributed by atoms with E-state index in [-0.39, 0.29) is 0 Å². The minimum absolute atomic E-state index is 0.337. The summed E-state index contributed by atoms with van der Waals surface area (Å²) in [7, 11) is 0. The Balaban J connectivity index is 2.41. The molecular formula is C16H15NO2. The number of nitrogens with one attached hydrogen (secondary N) is 1. The second-order valence-electron chi connectivity index (χ2n) is 4.40. The van der Waals surface area contributed by atoms with E-state index >= 15 is 0 Å². The summed E-state index contributed by atoms with van der Waals surface area (Å²) < 4.78 is 0. The molecule has 0 bridgehead atoms. The lowest BCUT2D eigenvalue weighted by molar-refractivity contribution is -0.104. The van der Waals surface area contributed by atoms with Crippen molar-refractivity contribution < 1.29 is 9.59 Å². The van der Waals surface area contributed by atoms with E-state index in [0.29, 0.717) is 17.5 Å². The van der Waals surface area contributed by atoms with Crippen LogP contribution in [0.3, 0.4) is 0 Å². The molecule has 0 saturated carbocycles. The highest BCUT2D eigenvalue weighted by Crippen LogP contribution is 2.25. The first-order chi connectivity index (χ1) is 9.13. The molecule has 0 aliphatic rings. The Bertz CT molecular complexity index is 632. The number of para-hydroxylation sites is 1. The fraction of sp³-hybridized carbons (Fsp3) is 0.125. The lowest BCUT2D eigenvalue weighted by Crippen LogP contribution is -2.05. The molecule has 96 valence electrons. The first kappa shape index (κ1) is 13.0. The standard InChI is InChI=1S/C16H15NO2/c1-11-6-5-9-14(12(11)2)17-15-8-4-3-7-13(15)16(19)10-18/h3-10,17H,1-2H3. The fourth-order valence-corrected chi connectivity index (χ4v) is 1.90. The molecule has 0 radical (unpaired) electrons. The Morgan fingerprint density at radius 1 is 1.00 bits per heavy atom. The van der Waals surface area contributed by atoms with Gasteiger partial charge in [-0.3, -0.25) is 9.59 Å². The smallest absolute Gasteiger partial charge is 0.227 e. The molecule has 2 rings (SSSR count). The number of hydrogen-bond donors (Lipinski definition) is 1. The summed E-state index contributed by atoms with van der Waals surface area (Å²) >= 11 is 0. The first-order valence-corrected chi connectivity index (χ1v) is 6.05. The molecule has 3 nitrogen and oxygen atoms in total. The van der Waals surface area contributed by atoms with Crippen LogP contribution >= 0.6 is 0 Å². The number of aldehydes is 1. The van der Waals surface area contributed by atoms with Crippen LogP contribution in [0, 0.1) is 13.8 Å². The Morgan fingerprint density at radius 2 is 1.68 bits per heavy atom. The van der Waals surface area contributed by atoms with Gasteiger partial charge in [0, 0.05) is 16.9 Å². The molecule has 2 aromatic rings. The summed E-state index contributed by atoms with van der Waals surface area (Å²) in [5, 5.41) is 3.22. The summed E-state index contributed by atoms with van der Waals surface area (Å²) in [5.41, 5.74) is 4.26. The minimum Gasteiger partial charge on any atom is -0.355 e. The van der Waals surface area contributed by atoms with Gasteiger partial charge in [0.1, 0.15) is 0 Å². The van der Waals surface area contributed by atoms with Crippen molar-refractivity contribution in [2.45, 2.75) is 13.8 Å². The molecule has 3 heteroatoms. The molecular weight excluding hydrogens is 238 g/mol. The number of ketones is 1. The number of carbonyl (C=O) groups excluding carboxylic acids is 2. The van der Waals surface area contributed by atoms with Crippen LogP contribution in [0.15, 0.2) is 42.5 Å². The highest BCUT2D eigenvalue weighted by Gasteiger charge is 2.10. The van der Waals surface area contributed by atoms with E-state index in [0.717, 1.165) is 11.3 Å². The van der Waals surface area contributed by atoms with Gasteiger partial charge in [-0.15, -0.1) is 0 Å². The average molecular weight is 253 g/mol. The summed E-state index contributed by atoms with van der Waals surface area (Å²) in [6.07, 6.45) is 0.337. The van der Waals surface area contributed by atoms with Crippen LogP contribution in [-0.2, 0) is 4.79 Å². The molecule has 0 spiro atoms. The molecule has 0 unspecified atom stereocenters. The molecule has 0 aromatic heterocycles. The SMILES string of the molecule is Cc1cccc(Nc2ccccc2C(=O)C=O)c1C. The topological polar surface area (TPSA) is 46.2 Å². The maximum atomic E-state index is 11.6. The molecule has 0 aliphatic heterocycles. The normalized spacial score (nSPS) is 10.0. The van der Waals surface area contributed by atoms with Gasteiger partial charge >= 0.3 is 0 Å². The van der Waals surface area contributed by atoms with Crippen molar-refractivity contribution in [1.29, 1.82) is 0 Å². The average Bonchev–Trinajstić information content (AvgIpc) is 2.43. The Kier molecular flexibility index (Phi) is 3.76. The summed E-state index contributed by atoms with van der Waals surface area (Å²) in [6.45, 7) is 4.05. The van der Waals surface area contributed by atoms with Crippen LogP contribution in [0.5, 0.6) is 0 Å².